The fourth-order valence-corrected chi connectivity index (χ4v) is 2.29. The molecule has 0 aromatic heterocycles. The van der Waals surface area contributed by atoms with E-state index < -0.39 is 4.92 Å². The molecule has 1 aromatic carbocycles. The first kappa shape index (κ1) is 12.5. The molecular weight excluding hydrogens is 232 g/mol. The van der Waals surface area contributed by atoms with Crippen molar-refractivity contribution in [2.24, 2.45) is 0 Å². The van der Waals surface area contributed by atoms with E-state index in [2.05, 4.69) is 0 Å². The quantitative estimate of drug-likeness (QED) is 0.468. The maximum atomic E-state index is 11.3. The Labute approximate surface area is 106 Å². The molecule has 0 unspecified atom stereocenters. The fourth-order valence-electron chi connectivity index (χ4n) is 2.29. The van der Waals surface area contributed by atoms with Crippen LogP contribution in [0.2, 0.25) is 0 Å². The predicted molar refractivity (Wildman–Crippen MR) is 69.2 cm³/mol. The van der Waals surface area contributed by atoms with Crippen LogP contribution in [-0.4, -0.2) is 23.8 Å². The van der Waals surface area contributed by atoms with Crippen molar-refractivity contribution in [3.05, 3.63) is 33.9 Å². The number of carbonyl (C=O) groups is 1. The number of benzene rings is 1. The first-order valence-electron chi connectivity index (χ1n) is 6.14. The number of nitrogens with zero attached hydrogens (tertiary/aromatic N) is 2. The molecule has 96 valence electrons. The summed E-state index contributed by atoms with van der Waals surface area (Å²) < 4.78 is 0. The number of hydrogen-bond donors (Lipinski definition) is 0. The number of hydrogen-bond acceptors (Lipinski definition) is 4. The summed E-state index contributed by atoms with van der Waals surface area (Å²) in [5.41, 5.74) is 1.05. The molecule has 0 bridgehead atoms. The third-order valence-corrected chi connectivity index (χ3v) is 3.28. The Morgan fingerprint density at radius 3 is 2.50 bits per heavy atom. The van der Waals surface area contributed by atoms with Crippen LogP contribution in [0.15, 0.2) is 18.2 Å². The maximum absolute atomic E-state index is 11.3. The molecule has 0 saturated carbocycles. The third-order valence-electron chi connectivity index (χ3n) is 3.28. The van der Waals surface area contributed by atoms with Gasteiger partial charge in [-0.1, -0.05) is 0 Å². The number of Topliss-reactive ketones (excluding diaryl/α,β-unsaturated/α-hetero) is 1. The Morgan fingerprint density at radius 1 is 1.28 bits per heavy atom. The van der Waals surface area contributed by atoms with Gasteiger partial charge in [-0.2, -0.15) is 0 Å². The Morgan fingerprint density at radius 2 is 1.94 bits per heavy atom. The van der Waals surface area contributed by atoms with Crippen LogP contribution >= 0.6 is 0 Å². The van der Waals surface area contributed by atoms with E-state index in [1.54, 1.807) is 12.1 Å². The summed E-state index contributed by atoms with van der Waals surface area (Å²) in [7, 11) is 0. The highest BCUT2D eigenvalue weighted by atomic mass is 16.6. The molecule has 2 rings (SSSR count). The first-order valence-corrected chi connectivity index (χ1v) is 6.14. The zero-order chi connectivity index (χ0) is 13.1. The summed E-state index contributed by atoms with van der Waals surface area (Å²) >= 11 is 0. The zero-order valence-corrected chi connectivity index (χ0v) is 10.4. The molecule has 0 amide bonds. The molecule has 5 heteroatoms. The maximum Gasteiger partial charge on any atom is 0.293 e. The average molecular weight is 248 g/mol. The van der Waals surface area contributed by atoms with E-state index in [0.717, 1.165) is 25.9 Å². The Bertz CT molecular complexity index is 479. The predicted octanol–water partition coefficient (Wildman–Crippen LogP) is 2.79. The van der Waals surface area contributed by atoms with Crippen molar-refractivity contribution in [2.75, 3.05) is 18.0 Å². The molecule has 0 atom stereocenters. The lowest BCUT2D eigenvalue weighted by atomic mass is 10.1. The van der Waals surface area contributed by atoms with E-state index in [-0.39, 0.29) is 11.5 Å². The van der Waals surface area contributed by atoms with Gasteiger partial charge in [0.2, 0.25) is 0 Å². The molecule has 1 fully saturated rings. The minimum atomic E-state index is -0.406. The molecule has 0 radical (unpaired) electrons. The van der Waals surface area contributed by atoms with E-state index in [1.165, 1.54) is 19.4 Å². The van der Waals surface area contributed by atoms with Crippen LogP contribution in [0.1, 0.15) is 36.5 Å². The smallest absolute Gasteiger partial charge is 0.293 e. The van der Waals surface area contributed by atoms with Crippen LogP contribution in [0.25, 0.3) is 0 Å². The Hall–Kier alpha value is -1.91. The highest BCUT2D eigenvalue weighted by Crippen LogP contribution is 2.31. The van der Waals surface area contributed by atoms with Crippen molar-refractivity contribution >= 4 is 17.2 Å². The molecule has 1 heterocycles. The SMILES string of the molecule is CC(=O)c1ccc(N2CCCCC2)c([N+](=O)[O-])c1. The highest BCUT2D eigenvalue weighted by molar-refractivity contribution is 5.95. The van der Waals surface area contributed by atoms with Crippen molar-refractivity contribution in [1.29, 1.82) is 0 Å². The minimum Gasteiger partial charge on any atom is -0.366 e. The van der Waals surface area contributed by atoms with Crippen LogP contribution in [0.3, 0.4) is 0 Å². The zero-order valence-electron chi connectivity index (χ0n) is 10.4. The summed E-state index contributed by atoms with van der Waals surface area (Å²) in [6.45, 7) is 3.11. The molecule has 18 heavy (non-hydrogen) atoms. The summed E-state index contributed by atoms with van der Waals surface area (Å²) in [6.07, 6.45) is 3.30. The number of ketones is 1. The molecule has 1 aliphatic rings. The van der Waals surface area contributed by atoms with Crippen LogP contribution < -0.4 is 4.90 Å². The van der Waals surface area contributed by atoms with Crippen molar-refractivity contribution < 1.29 is 9.72 Å². The van der Waals surface area contributed by atoms with Gasteiger partial charge in [0.25, 0.3) is 5.69 Å². The van der Waals surface area contributed by atoms with Crippen LogP contribution in [0.4, 0.5) is 11.4 Å². The largest absolute Gasteiger partial charge is 0.366 e. The molecule has 1 saturated heterocycles. The standard InChI is InChI=1S/C13H16N2O3/c1-10(16)11-5-6-12(13(9-11)15(17)18)14-7-3-2-4-8-14/h5-6,9H,2-4,7-8H2,1H3. The van der Waals surface area contributed by atoms with Gasteiger partial charge in [-0.25, -0.2) is 0 Å². The molecule has 0 aliphatic carbocycles. The summed E-state index contributed by atoms with van der Waals surface area (Å²) in [5.74, 6) is -0.150. The summed E-state index contributed by atoms with van der Waals surface area (Å²) in [5, 5.41) is 11.1. The molecule has 1 aromatic rings. The van der Waals surface area contributed by atoms with E-state index in [0.29, 0.717) is 11.3 Å². The van der Waals surface area contributed by atoms with E-state index in [4.69, 9.17) is 0 Å². The number of nitro benzene ring substituents is 1. The van der Waals surface area contributed by atoms with E-state index in [1.807, 2.05) is 4.90 Å². The van der Waals surface area contributed by atoms with Crippen LogP contribution in [0.5, 0.6) is 0 Å². The third kappa shape index (κ3) is 2.50. The molecular formula is C13H16N2O3. The lowest BCUT2D eigenvalue weighted by Crippen LogP contribution is -2.30. The lowest BCUT2D eigenvalue weighted by Gasteiger charge is -2.28. The minimum absolute atomic E-state index is 0.0320. The van der Waals surface area contributed by atoms with Gasteiger partial charge in [0.05, 0.1) is 4.92 Å². The van der Waals surface area contributed by atoms with Crippen LogP contribution in [-0.2, 0) is 0 Å². The van der Waals surface area contributed by atoms with Crippen molar-refractivity contribution in [1.82, 2.24) is 0 Å². The van der Waals surface area contributed by atoms with Gasteiger partial charge >= 0.3 is 0 Å². The molecule has 5 nitrogen and oxygen atoms in total. The number of piperidine rings is 1. The molecule has 1 aliphatic heterocycles. The van der Waals surface area contributed by atoms with E-state index in [9.17, 15) is 14.9 Å². The average Bonchev–Trinajstić information content (AvgIpc) is 2.39. The second kappa shape index (κ2) is 5.16. The Kier molecular flexibility index (Phi) is 3.60. The molecule has 0 spiro atoms. The molecule has 0 N–H and O–H groups in total. The Balaban J connectivity index is 2.39. The number of nitro groups is 1. The number of rotatable bonds is 3. The van der Waals surface area contributed by atoms with Gasteiger partial charge in [0.1, 0.15) is 5.69 Å². The lowest BCUT2D eigenvalue weighted by molar-refractivity contribution is -0.384. The topological polar surface area (TPSA) is 63.5 Å². The van der Waals surface area contributed by atoms with Crippen molar-refractivity contribution in [3.8, 4) is 0 Å². The van der Waals surface area contributed by atoms with Crippen molar-refractivity contribution in [3.63, 3.8) is 0 Å². The van der Waals surface area contributed by atoms with Gasteiger partial charge < -0.3 is 4.90 Å². The van der Waals surface area contributed by atoms with E-state index >= 15 is 0 Å². The van der Waals surface area contributed by atoms with Gasteiger partial charge in [-0.3, -0.25) is 14.9 Å². The number of carbonyl (C=O) groups excluding carboxylic acids is 1. The van der Waals surface area contributed by atoms with Crippen LogP contribution in [0, 0.1) is 10.1 Å². The second-order valence-electron chi connectivity index (χ2n) is 4.56. The first-order chi connectivity index (χ1) is 8.59. The highest BCUT2D eigenvalue weighted by Gasteiger charge is 2.22. The number of anilines is 1. The van der Waals surface area contributed by atoms with Gasteiger partial charge in [0.15, 0.2) is 5.78 Å². The van der Waals surface area contributed by atoms with Gasteiger partial charge in [-0.15, -0.1) is 0 Å². The van der Waals surface area contributed by atoms with Gasteiger partial charge in [0, 0.05) is 24.7 Å². The monoisotopic (exact) mass is 248 g/mol. The van der Waals surface area contributed by atoms with Gasteiger partial charge in [-0.05, 0) is 38.3 Å². The second-order valence-corrected chi connectivity index (χ2v) is 4.56. The summed E-state index contributed by atoms with van der Waals surface area (Å²) in [4.78, 5) is 24.0. The normalized spacial score (nSPS) is 15.5. The fraction of sp³-hybridized carbons (Fsp3) is 0.462. The van der Waals surface area contributed by atoms with Crippen molar-refractivity contribution in [2.45, 2.75) is 26.2 Å². The summed E-state index contributed by atoms with van der Waals surface area (Å²) in [6, 6.07) is 4.74.